The highest BCUT2D eigenvalue weighted by molar-refractivity contribution is 5.68. The average molecular weight is 492 g/mol. The van der Waals surface area contributed by atoms with Gasteiger partial charge in [0.05, 0.1) is 6.54 Å². The van der Waals surface area contributed by atoms with Crippen molar-refractivity contribution in [2.75, 3.05) is 5.32 Å². The molecule has 0 aromatic carbocycles. The molecule has 1 atom stereocenters. The average Bonchev–Trinajstić information content (AvgIpc) is 3.38. The molecule has 2 saturated carbocycles. The summed E-state index contributed by atoms with van der Waals surface area (Å²) in [7, 11) is 0. The number of hydrogen-bond acceptors (Lipinski definition) is 7. The number of anilines is 2. The molecule has 0 saturated heterocycles. The number of nitrogens with zero attached hydrogens (tertiary/aromatic N) is 3. The Labute approximate surface area is 204 Å². The van der Waals surface area contributed by atoms with Crippen LogP contribution in [0, 0.1) is 0 Å². The van der Waals surface area contributed by atoms with E-state index in [1.807, 2.05) is 20.8 Å². The molecule has 4 rings (SSSR count). The third-order valence-corrected chi connectivity index (χ3v) is 6.40. The van der Waals surface area contributed by atoms with Crippen LogP contribution < -0.4 is 16.0 Å². The molecule has 0 aliphatic heterocycles. The molecule has 2 aromatic heterocycles. The summed E-state index contributed by atoms with van der Waals surface area (Å²) in [6, 6.07) is 3.97. The fourth-order valence-corrected chi connectivity index (χ4v) is 4.66. The van der Waals surface area contributed by atoms with Crippen LogP contribution in [0.2, 0.25) is 0 Å². The number of aromatic amines is 1. The highest BCUT2D eigenvalue weighted by atomic mass is 19.3. The highest BCUT2D eigenvalue weighted by Crippen LogP contribution is 2.43. The Hall–Kier alpha value is -2.82. The number of carbonyl (C=O) groups is 1. The van der Waals surface area contributed by atoms with Crippen molar-refractivity contribution in [1.29, 1.82) is 0 Å². The minimum absolute atomic E-state index is 0.0797. The largest absolute Gasteiger partial charge is 0.444 e. The fraction of sp³-hybridized carbons (Fsp3) is 0.667. The molecule has 2 aromatic rings. The molecule has 4 N–H and O–H groups in total. The first-order valence-electron chi connectivity index (χ1n) is 12.3. The van der Waals surface area contributed by atoms with Gasteiger partial charge >= 0.3 is 6.09 Å². The van der Waals surface area contributed by atoms with Gasteiger partial charge in [-0.1, -0.05) is 0 Å². The second-order valence-corrected chi connectivity index (χ2v) is 10.6. The number of H-pyrrole nitrogens is 1. The van der Waals surface area contributed by atoms with Crippen LogP contribution in [0.1, 0.15) is 83.2 Å². The number of nitrogens with one attached hydrogen (secondary N) is 4. The van der Waals surface area contributed by atoms with Crippen LogP contribution in [0.15, 0.2) is 18.3 Å². The lowest BCUT2D eigenvalue weighted by Crippen LogP contribution is -2.43. The maximum Gasteiger partial charge on any atom is 0.407 e. The monoisotopic (exact) mass is 491 g/mol. The van der Waals surface area contributed by atoms with Gasteiger partial charge in [0.1, 0.15) is 17.2 Å². The summed E-state index contributed by atoms with van der Waals surface area (Å²) in [4.78, 5) is 20.8. The van der Waals surface area contributed by atoms with Crippen molar-refractivity contribution >= 4 is 17.7 Å². The maximum atomic E-state index is 13.5. The molecule has 0 radical (unpaired) electrons. The molecule has 2 heterocycles. The Balaban J connectivity index is 1.22. The maximum absolute atomic E-state index is 13.5. The minimum atomic E-state index is -2.59. The van der Waals surface area contributed by atoms with Crippen molar-refractivity contribution < 1.29 is 18.3 Å². The first kappa shape index (κ1) is 25.3. The van der Waals surface area contributed by atoms with Crippen LogP contribution in [0.4, 0.5) is 25.2 Å². The molecular formula is C24H35F2N7O2. The smallest absolute Gasteiger partial charge is 0.407 e. The second kappa shape index (κ2) is 10.4. The molecule has 2 aliphatic rings. The first-order chi connectivity index (χ1) is 16.5. The molecule has 9 nitrogen and oxygen atoms in total. The molecule has 192 valence electrons. The minimum Gasteiger partial charge on any atom is -0.444 e. The van der Waals surface area contributed by atoms with Gasteiger partial charge in [0.2, 0.25) is 5.92 Å². The standard InChI is InChI=1S/C24H35F2N7O2/c1-23(2,3)35-22(34)29-17-6-4-16(5-7-17)28-14-21-27-11-9-19(31-21)30-20-12-18(32-33-20)15-8-10-24(25,26)13-15/h9,11-12,15-17,28H,4-8,10,13-14H2,1-3H3,(H,29,34)(H2,27,30,31,32,33). The van der Waals surface area contributed by atoms with E-state index < -0.39 is 11.5 Å². The summed E-state index contributed by atoms with van der Waals surface area (Å²) in [6.45, 7) is 6.08. The molecular weight excluding hydrogens is 456 g/mol. The van der Waals surface area contributed by atoms with Crippen LogP contribution in [-0.2, 0) is 11.3 Å². The summed E-state index contributed by atoms with van der Waals surface area (Å²) in [6.07, 6.45) is 5.19. The van der Waals surface area contributed by atoms with Crippen molar-refractivity contribution in [2.45, 2.75) is 102 Å². The zero-order valence-electron chi connectivity index (χ0n) is 20.5. The van der Waals surface area contributed by atoms with E-state index in [1.165, 1.54) is 0 Å². The van der Waals surface area contributed by atoms with Crippen LogP contribution in [0.5, 0.6) is 0 Å². The number of halogens is 2. The van der Waals surface area contributed by atoms with Gasteiger partial charge in [-0.2, -0.15) is 5.10 Å². The molecule has 0 spiro atoms. The third kappa shape index (κ3) is 7.58. The van der Waals surface area contributed by atoms with Crippen molar-refractivity contribution in [1.82, 2.24) is 30.8 Å². The molecule has 11 heteroatoms. The molecule has 1 amide bonds. The Bertz CT molecular complexity index is 1000. The summed E-state index contributed by atoms with van der Waals surface area (Å²) < 4.78 is 32.4. The number of rotatable bonds is 7. The summed E-state index contributed by atoms with van der Waals surface area (Å²) in [5.74, 6) is -1.01. The van der Waals surface area contributed by atoms with Gasteiger partial charge in [0.25, 0.3) is 0 Å². The predicted octanol–water partition coefficient (Wildman–Crippen LogP) is 4.77. The van der Waals surface area contributed by atoms with Gasteiger partial charge in [-0.15, -0.1) is 0 Å². The number of aromatic nitrogens is 4. The van der Waals surface area contributed by atoms with Gasteiger partial charge in [0.15, 0.2) is 5.82 Å². The lowest BCUT2D eigenvalue weighted by atomic mass is 9.91. The van der Waals surface area contributed by atoms with Gasteiger partial charge in [-0.05, 0) is 58.9 Å². The number of ether oxygens (including phenoxy) is 1. The molecule has 2 aliphatic carbocycles. The zero-order valence-corrected chi connectivity index (χ0v) is 20.5. The van der Waals surface area contributed by atoms with Crippen LogP contribution in [0.25, 0.3) is 0 Å². The van der Waals surface area contributed by atoms with E-state index in [0.29, 0.717) is 36.5 Å². The van der Waals surface area contributed by atoms with E-state index in [4.69, 9.17) is 4.74 Å². The zero-order chi connectivity index (χ0) is 25.1. The van der Waals surface area contributed by atoms with Crippen molar-refractivity contribution in [3.8, 4) is 0 Å². The van der Waals surface area contributed by atoms with Crippen LogP contribution >= 0.6 is 0 Å². The molecule has 2 fully saturated rings. The lowest BCUT2D eigenvalue weighted by Gasteiger charge is -2.30. The molecule has 0 bridgehead atoms. The van der Waals surface area contributed by atoms with E-state index >= 15 is 0 Å². The Morgan fingerprint density at radius 1 is 1.17 bits per heavy atom. The Morgan fingerprint density at radius 2 is 1.91 bits per heavy atom. The van der Waals surface area contributed by atoms with Gasteiger partial charge in [0, 0.05) is 48.8 Å². The first-order valence-corrected chi connectivity index (χ1v) is 12.3. The van der Waals surface area contributed by atoms with Gasteiger partial charge < -0.3 is 20.7 Å². The van der Waals surface area contributed by atoms with E-state index in [0.717, 1.165) is 31.4 Å². The fourth-order valence-electron chi connectivity index (χ4n) is 4.66. The van der Waals surface area contributed by atoms with Crippen molar-refractivity contribution in [3.63, 3.8) is 0 Å². The van der Waals surface area contributed by atoms with E-state index in [1.54, 1.807) is 18.3 Å². The summed E-state index contributed by atoms with van der Waals surface area (Å²) in [5.41, 5.74) is 0.219. The third-order valence-electron chi connectivity index (χ3n) is 6.40. The Kier molecular flexibility index (Phi) is 7.53. The number of amides is 1. The normalized spacial score (nSPS) is 24.2. The van der Waals surface area contributed by atoms with E-state index in [9.17, 15) is 13.6 Å². The summed E-state index contributed by atoms with van der Waals surface area (Å²) in [5, 5.41) is 16.7. The number of alkyl halides is 2. The molecule has 35 heavy (non-hydrogen) atoms. The number of carbonyl (C=O) groups excluding carboxylic acids is 1. The quantitative estimate of drug-likeness (QED) is 0.441. The lowest BCUT2D eigenvalue weighted by molar-refractivity contribution is 0.00764. The number of hydrogen-bond donors (Lipinski definition) is 4. The SMILES string of the molecule is CC(C)(C)OC(=O)NC1CCC(NCc2nccc(Nc3cc(C4CCC(F)(F)C4)[nH]n3)n2)CC1. The van der Waals surface area contributed by atoms with Crippen molar-refractivity contribution in [2.24, 2.45) is 0 Å². The predicted molar refractivity (Wildman–Crippen MR) is 128 cm³/mol. The van der Waals surface area contributed by atoms with Gasteiger partial charge in [-0.25, -0.2) is 23.5 Å². The second-order valence-electron chi connectivity index (χ2n) is 10.6. The highest BCUT2D eigenvalue weighted by Gasteiger charge is 2.40. The van der Waals surface area contributed by atoms with E-state index in [-0.39, 0.29) is 30.9 Å². The molecule has 1 unspecified atom stereocenters. The van der Waals surface area contributed by atoms with Crippen LogP contribution in [-0.4, -0.2) is 49.9 Å². The number of alkyl carbamates (subject to hydrolysis) is 1. The summed E-state index contributed by atoms with van der Waals surface area (Å²) >= 11 is 0. The Morgan fingerprint density at radius 3 is 2.60 bits per heavy atom. The van der Waals surface area contributed by atoms with E-state index in [2.05, 4.69) is 36.1 Å². The van der Waals surface area contributed by atoms with Gasteiger partial charge in [-0.3, -0.25) is 5.10 Å². The van der Waals surface area contributed by atoms with Crippen LogP contribution in [0.3, 0.4) is 0 Å². The topological polar surface area (TPSA) is 117 Å². The van der Waals surface area contributed by atoms with Crippen molar-refractivity contribution in [3.05, 3.63) is 29.8 Å².